The summed E-state index contributed by atoms with van der Waals surface area (Å²) in [6.07, 6.45) is 0.868. The van der Waals surface area contributed by atoms with Crippen molar-refractivity contribution in [3.05, 3.63) is 11.4 Å². The van der Waals surface area contributed by atoms with Crippen LogP contribution in [0.15, 0.2) is 5.03 Å². The van der Waals surface area contributed by atoms with Crippen LogP contribution in [-0.2, 0) is 11.2 Å². The Morgan fingerprint density at radius 2 is 2.12 bits per heavy atom. The maximum Gasteiger partial charge on any atom is 0.133 e. The molecular formula is C12H19N3OS. The third-order valence-electron chi connectivity index (χ3n) is 2.69. The van der Waals surface area contributed by atoms with Gasteiger partial charge in [-0.25, -0.2) is 9.97 Å². The highest BCUT2D eigenvalue weighted by molar-refractivity contribution is 8.00. The number of hydrogen-bond acceptors (Lipinski definition) is 5. The molecule has 0 spiro atoms. The van der Waals surface area contributed by atoms with Crippen LogP contribution >= 0.6 is 11.8 Å². The molecule has 0 atom stereocenters. The molecule has 0 radical (unpaired) electrons. The van der Waals surface area contributed by atoms with E-state index in [1.165, 1.54) is 0 Å². The van der Waals surface area contributed by atoms with Gasteiger partial charge in [-0.15, -0.1) is 0 Å². The van der Waals surface area contributed by atoms with E-state index in [1.807, 2.05) is 11.8 Å². The standard InChI is InChI=1S/C12H19N3OS/c1-4-10-14-11(13-5-2)8(3)12(15-10)17-9-6-16-7-9/h9H,4-7H2,1-3H3,(H,13,14,15). The summed E-state index contributed by atoms with van der Waals surface area (Å²) in [4.78, 5) is 9.14. The average molecular weight is 253 g/mol. The van der Waals surface area contributed by atoms with Crippen LogP contribution in [0.1, 0.15) is 25.2 Å². The van der Waals surface area contributed by atoms with Gasteiger partial charge in [-0.2, -0.15) is 0 Å². The second-order valence-corrected chi connectivity index (χ2v) is 5.37. The predicted molar refractivity (Wildman–Crippen MR) is 70.8 cm³/mol. The van der Waals surface area contributed by atoms with Gasteiger partial charge in [-0.3, -0.25) is 0 Å². The minimum atomic E-state index is 0.558. The van der Waals surface area contributed by atoms with Crippen molar-refractivity contribution in [2.75, 3.05) is 25.1 Å². The summed E-state index contributed by atoms with van der Waals surface area (Å²) in [5, 5.41) is 4.96. The van der Waals surface area contributed by atoms with Crippen molar-refractivity contribution < 1.29 is 4.74 Å². The van der Waals surface area contributed by atoms with E-state index in [2.05, 4.69) is 36.1 Å². The lowest BCUT2D eigenvalue weighted by atomic mass is 10.3. The molecule has 2 rings (SSSR count). The van der Waals surface area contributed by atoms with Crippen molar-refractivity contribution in [2.45, 2.75) is 37.5 Å². The molecule has 1 fully saturated rings. The van der Waals surface area contributed by atoms with Crippen LogP contribution < -0.4 is 5.32 Å². The Morgan fingerprint density at radius 1 is 1.35 bits per heavy atom. The van der Waals surface area contributed by atoms with Gasteiger partial charge in [-0.1, -0.05) is 18.7 Å². The fraction of sp³-hybridized carbons (Fsp3) is 0.667. The topological polar surface area (TPSA) is 47.0 Å². The van der Waals surface area contributed by atoms with Gasteiger partial charge in [0, 0.05) is 18.5 Å². The highest BCUT2D eigenvalue weighted by atomic mass is 32.2. The Bertz CT molecular complexity index is 394. The molecule has 17 heavy (non-hydrogen) atoms. The number of aromatic nitrogens is 2. The lowest BCUT2D eigenvalue weighted by Crippen LogP contribution is -2.30. The number of anilines is 1. The van der Waals surface area contributed by atoms with Gasteiger partial charge in [0.25, 0.3) is 0 Å². The Morgan fingerprint density at radius 3 is 2.65 bits per heavy atom. The molecule has 0 saturated carbocycles. The van der Waals surface area contributed by atoms with Crippen molar-refractivity contribution >= 4 is 17.6 Å². The number of nitrogens with one attached hydrogen (secondary N) is 1. The second kappa shape index (κ2) is 5.69. The monoisotopic (exact) mass is 253 g/mol. The zero-order valence-electron chi connectivity index (χ0n) is 10.6. The first-order valence-corrected chi connectivity index (χ1v) is 6.98. The van der Waals surface area contributed by atoms with E-state index in [1.54, 1.807) is 0 Å². The van der Waals surface area contributed by atoms with Gasteiger partial charge in [0.15, 0.2) is 0 Å². The van der Waals surface area contributed by atoms with Crippen molar-refractivity contribution in [1.82, 2.24) is 9.97 Å². The van der Waals surface area contributed by atoms with Crippen molar-refractivity contribution in [1.29, 1.82) is 0 Å². The number of rotatable bonds is 5. The molecule has 0 unspecified atom stereocenters. The fourth-order valence-electron chi connectivity index (χ4n) is 1.59. The Kier molecular flexibility index (Phi) is 4.23. The minimum Gasteiger partial charge on any atom is -0.379 e. The van der Waals surface area contributed by atoms with Crippen LogP contribution in [0.5, 0.6) is 0 Å². The molecule has 0 aromatic carbocycles. The normalized spacial score (nSPS) is 15.7. The lowest BCUT2D eigenvalue weighted by Gasteiger charge is -2.25. The Labute approximate surface area is 107 Å². The Balaban J connectivity index is 2.24. The smallest absolute Gasteiger partial charge is 0.133 e. The first kappa shape index (κ1) is 12.6. The SMILES string of the molecule is CCNc1nc(CC)nc(SC2COC2)c1C. The summed E-state index contributed by atoms with van der Waals surface area (Å²) in [6, 6.07) is 0. The lowest BCUT2D eigenvalue weighted by molar-refractivity contribution is 0.0454. The summed E-state index contributed by atoms with van der Waals surface area (Å²) in [5.74, 6) is 1.89. The largest absolute Gasteiger partial charge is 0.379 e. The summed E-state index contributed by atoms with van der Waals surface area (Å²) in [7, 11) is 0. The molecule has 4 nitrogen and oxygen atoms in total. The molecule has 0 aliphatic carbocycles. The molecule has 1 aliphatic rings. The number of aryl methyl sites for hydroxylation is 1. The van der Waals surface area contributed by atoms with Gasteiger partial charge < -0.3 is 10.1 Å². The van der Waals surface area contributed by atoms with E-state index in [0.717, 1.165) is 48.4 Å². The Hall–Kier alpha value is -0.810. The molecule has 1 aromatic heterocycles. The van der Waals surface area contributed by atoms with Crippen LogP contribution in [0.25, 0.3) is 0 Å². The van der Waals surface area contributed by atoms with E-state index in [-0.39, 0.29) is 0 Å². The van der Waals surface area contributed by atoms with Crippen LogP contribution in [-0.4, -0.2) is 35.0 Å². The highest BCUT2D eigenvalue weighted by Gasteiger charge is 2.22. The molecule has 1 aromatic rings. The zero-order valence-corrected chi connectivity index (χ0v) is 11.4. The van der Waals surface area contributed by atoms with E-state index in [0.29, 0.717) is 5.25 Å². The summed E-state index contributed by atoms with van der Waals surface area (Å²) < 4.78 is 5.20. The van der Waals surface area contributed by atoms with Crippen molar-refractivity contribution in [3.63, 3.8) is 0 Å². The van der Waals surface area contributed by atoms with Crippen LogP contribution in [0, 0.1) is 6.92 Å². The van der Waals surface area contributed by atoms with Gasteiger partial charge in [0.2, 0.25) is 0 Å². The van der Waals surface area contributed by atoms with Crippen molar-refractivity contribution in [3.8, 4) is 0 Å². The first-order valence-electron chi connectivity index (χ1n) is 6.10. The summed E-state index contributed by atoms with van der Waals surface area (Å²) >= 11 is 1.81. The number of hydrogen-bond donors (Lipinski definition) is 1. The fourth-order valence-corrected chi connectivity index (χ4v) is 2.67. The molecule has 5 heteroatoms. The first-order chi connectivity index (χ1) is 8.24. The van der Waals surface area contributed by atoms with Gasteiger partial charge in [0.05, 0.1) is 18.5 Å². The molecule has 1 aliphatic heterocycles. The molecule has 1 N–H and O–H groups in total. The minimum absolute atomic E-state index is 0.558. The quantitative estimate of drug-likeness (QED) is 0.816. The van der Waals surface area contributed by atoms with Crippen LogP contribution in [0.2, 0.25) is 0 Å². The molecule has 1 saturated heterocycles. The third-order valence-corrected chi connectivity index (χ3v) is 3.92. The molecule has 0 amide bonds. The van der Waals surface area contributed by atoms with Gasteiger partial charge in [0.1, 0.15) is 16.7 Å². The summed E-state index contributed by atoms with van der Waals surface area (Å²) in [5.41, 5.74) is 1.15. The predicted octanol–water partition coefficient (Wildman–Crippen LogP) is 2.27. The molecule has 2 heterocycles. The number of ether oxygens (including phenoxy) is 1. The van der Waals surface area contributed by atoms with Gasteiger partial charge >= 0.3 is 0 Å². The van der Waals surface area contributed by atoms with E-state index in [4.69, 9.17) is 4.74 Å². The van der Waals surface area contributed by atoms with Crippen LogP contribution in [0.4, 0.5) is 5.82 Å². The second-order valence-electron chi connectivity index (χ2n) is 4.08. The van der Waals surface area contributed by atoms with Crippen molar-refractivity contribution in [2.24, 2.45) is 0 Å². The molecule has 94 valence electrons. The summed E-state index contributed by atoms with van der Waals surface area (Å²) in [6.45, 7) is 8.82. The zero-order chi connectivity index (χ0) is 12.3. The van der Waals surface area contributed by atoms with E-state index >= 15 is 0 Å². The van der Waals surface area contributed by atoms with E-state index < -0.39 is 0 Å². The maximum atomic E-state index is 5.20. The molecule has 0 bridgehead atoms. The van der Waals surface area contributed by atoms with E-state index in [9.17, 15) is 0 Å². The molecular weight excluding hydrogens is 234 g/mol. The average Bonchev–Trinajstić information content (AvgIpc) is 2.28. The van der Waals surface area contributed by atoms with Gasteiger partial charge in [-0.05, 0) is 13.8 Å². The number of nitrogens with zero attached hydrogens (tertiary/aromatic N) is 2. The maximum absolute atomic E-state index is 5.20. The highest BCUT2D eigenvalue weighted by Crippen LogP contribution is 2.31. The number of thioether (sulfide) groups is 1. The van der Waals surface area contributed by atoms with Crippen LogP contribution in [0.3, 0.4) is 0 Å². The third kappa shape index (κ3) is 2.90.